The number of hydrogen-bond donors (Lipinski definition) is 2. The predicted molar refractivity (Wildman–Crippen MR) is 137 cm³/mol. The number of amides is 2. The minimum absolute atomic E-state index is 0.209. The summed E-state index contributed by atoms with van der Waals surface area (Å²) in [5, 5.41) is 5.71. The Morgan fingerprint density at radius 2 is 1.49 bits per heavy atom. The molecule has 0 fully saturated rings. The fourth-order valence-corrected chi connectivity index (χ4v) is 3.81. The molecule has 2 atom stereocenters. The first-order chi connectivity index (χ1) is 16.6. The van der Waals surface area contributed by atoms with E-state index in [1.165, 1.54) is 7.05 Å². The zero-order valence-electron chi connectivity index (χ0n) is 20.1. The second kappa shape index (κ2) is 11.1. The summed E-state index contributed by atoms with van der Waals surface area (Å²) in [6.45, 7) is 3.48. The number of carbonyl (C=O) groups excluding carboxylic acids is 2. The molecule has 3 aromatic rings. The van der Waals surface area contributed by atoms with Crippen LogP contribution >= 0.6 is 0 Å². The van der Waals surface area contributed by atoms with Crippen molar-refractivity contribution in [3.8, 4) is 5.75 Å². The molecule has 0 aromatic heterocycles. The van der Waals surface area contributed by atoms with E-state index in [4.69, 9.17) is 4.74 Å². The van der Waals surface area contributed by atoms with Crippen LogP contribution in [0.3, 0.4) is 0 Å². The van der Waals surface area contributed by atoms with E-state index in [9.17, 15) is 18.0 Å². The number of nitrogens with one attached hydrogen (secondary N) is 2. The molecule has 184 valence electrons. The van der Waals surface area contributed by atoms with Crippen LogP contribution in [0.15, 0.2) is 78.9 Å². The molecular weight excluding hydrogens is 466 g/mol. The smallest absolute Gasteiger partial charge is 0.265 e. The minimum Gasteiger partial charge on any atom is -0.481 e. The third kappa shape index (κ3) is 6.83. The maximum atomic E-state index is 12.9. The number of para-hydroxylation sites is 1. The molecule has 0 radical (unpaired) electrons. The highest BCUT2D eigenvalue weighted by Gasteiger charge is 2.20. The van der Waals surface area contributed by atoms with E-state index in [2.05, 4.69) is 10.6 Å². The van der Waals surface area contributed by atoms with Gasteiger partial charge >= 0.3 is 0 Å². The van der Waals surface area contributed by atoms with E-state index in [1.54, 1.807) is 55.5 Å². The van der Waals surface area contributed by atoms with E-state index < -0.39 is 22.0 Å². The molecule has 0 aliphatic rings. The highest BCUT2D eigenvalue weighted by atomic mass is 32.2. The lowest BCUT2D eigenvalue weighted by atomic mass is 10.1. The second-order valence-corrected chi connectivity index (χ2v) is 10.1. The molecule has 0 saturated carbocycles. The summed E-state index contributed by atoms with van der Waals surface area (Å²) in [6, 6.07) is 22.5. The van der Waals surface area contributed by atoms with E-state index >= 15 is 0 Å². The molecule has 0 aliphatic heterocycles. The van der Waals surface area contributed by atoms with Crippen molar-refractivity contribution in [2.75, 3.05) is 22.9 Å². The topological polar surface area (TPSA) is 105 Å². The molecule has 2 N–H and O–H groups in total. The first-order valence-corrected chi connectivity index (χ1v) is 12.9. The van der Waals surface area contributed by atoms with Crippen LogP contribution in [-0.2, 0) is 14.8 Å². The molecule has 0 saturated heterocycles. The number of sulfonamides is 1. The van der Waals surface area contributed by atoms with Crippen molar-refractivity contribution in [2.45, 2.75) is 26.0 Å². The van der Waals surface area contributed by atoms with Crippen LogP contribution in [0.25, 0.3) is 0 Å². The lowest BCUT2D eigenvalue weighted by Crippen LogP contribution is -2.32. The van der Waals surface area contributed by atoms with Crippen LogP contribution in [0.1, 0.15) is 35.8 Å². The summed E-state index contributed by atoms with van der Waals surface area (Å²) >= 11 is 0. The van der Waals surface area contributed by atoms with E-state index in [-0.39, 0.29) is 11.9 Å². The van der Waals surface area contributed by atoms with Gasteiger partial charge in [-0.25, -0.2) is 8.42 Å². The normalized spacial score (nSPS) is 12.8. The van der Waals surface area contributed by atoms with Crippen molar-refractivity contribution in [1.29, 1.82) is 0 Å². The SMILES string of the molecule is CC(Oc1ccc(N(C)S(C)(=O)=O)cc1)C(=O)Nc1ccccc1C(=O)NC(C)c1ccccc1. The zero-order valence-corrected chi connectivity index (χ0v) is 20.9. The van der Waals surface area contributed by atoms with Gasteiger partial charge in [0.2, 0.25) is 10.0 Å². The predicted octanol–water partition coefficient (Wildman–Crippen LogP) is 3.98. The summed E-state index contributed by atoms with van der Waals surface area (Å²) in [4.78, 5) is 25.7. The van der Waals surface area contributed by atoms with Gasteiger partial charge in [-0.15, -0.1) is 0 Å². The Morgan fingerprint density at radius 3 is 2.11 bits per heavy atom. The van der Waals surface area contributed by atoms with E-state index in [0.29, 0.717) is 22.7 Å². The van der Waals surface area contributed by atoms with Gasteiger partial charge in [-0.05, 0) is 55.8 Å². The Labute approximate surface area is 206 Å². The van der Waals surface area contributed by atoms with Crippen molar-refractivity contribution in [3.63, 3.8) is 0 Å². The molecule has 0 bridgehead atoms. The number of rotatable bonds is 9. The summed E-state index contributed by atoms with van der Waals surface area (Å²) in [5.74, 6) is -0.337. The Bertz CT molecular complexity index is 1280. The molecule has 2 unspecified atom stereocenters. The van der Waals surface area contributed by atoms with Crippen LogP contribution in [0, 0.1) is 0 Å². The van der Waals surface area contributed by atoms with Crippen LogP contribution in [-0.4, -0.2) is 39.6 Å². The van der Waals surface area contributed by atoms with E-state index in [0.717, 1.165) is 16.1 Å². The van der Waals surface area contributed by atoms with Crippen molar-refractivity contribution in [2.24, 2.45) is 0 Å². The first-order valence-electron chi connectivity index (χ1n) is 11.0. The molecule has 35 heavy (non-hydrogen) atoms. The second-order valence-electron chi connectivity index (χ2n) is 8.13. The molecule has 3 rings (SSSR count). The Hall–Kier alpha value is -3.85. The molecular formula is C26H29N3O5S. The van der Waals surface area contributed by atoms with Crippen LogP contribution in [0.5, 0.6) is 5.75 Å². The average Bonchev–Trinajstić information content (AvgIpc) is 2.84. The van der Waals surface area contributed by atoms with Crippen LogP contribution < -0.4 is 19.7 Å². The third-order valence-electron chi connectivity index (χ3n) is 5.46. The van der Waals surface area contributed by atoms with Gasteiger partial charge in [0.1, 0.15) is 5.75 Å². The minimum atomic E-state index is -3.38. The largest absolute Gasteiger partial charge is 0.481 e. The summed E-state index contributed by atoms with van der Waals surface area (Å²) in [5.41, 5.74) is 2.15. The number of ether oxygens (including phenoxy) is 1. The molecule has 0 heterocycles. The van der Waals surface area contributed by atoms with Gasteiger partial charge in [-0.2, -0.15) is 0 Å². The van der Waals surface area contributed by atoms with Crippen LogP contribution in [0.2, 0.25) is 0 Å². The zero-order chi connectivity index (χ0) is 25.6. The lowest BCUT2D eigenvalue weighted by molar-refractivity contribution is -0.122. The van der Waals surface area contributed by atoms with Crippen LogP contribution in [0.4, 0.5) is 11.4 Å². The highest BCUT2D eigenvalue weighted by Crippen LogP contribution is 2.22. The maximum Gasteiger partial charge on any atom is 0.265 e. The molecule has 3 aromatic carbocycles. The average molecular weight is 496 g/mol. The number of anilines is 2. The van der Waals surface area contributed by atoms with Crippen molar-refractivity contribution in [1.82, 2.24) is 5.32 Å². The monoisotopic (exact) mass is 495 g/mol. The molecule has 0 spiro atoms. The summed E-state index contributed by atoms with van der Waals surface area (Å²) in [6.07, 6.45) is 0.248. The van der Waals surface area contributed by atoms with E-state index in [1.807, 2.05) is 37.3 Å². The van der Waals surface area contributed by atoms with Gasteiger partial charge in [0.15, 0.2) is 6.10 Å². The van der Waals surface area contributed by atoms with Crippen molar-refractivity contribution >= 4 is 33.2 Å². The van der Waals surface area contributed by atoms with Gasteiger partial charge in [0, 0.05) is 7.05 Å². The Kier molecular flexibility index (Phi) is 8.14. The number of benzene rings is 3. The van der Waals surface area contributed by atoms with Gasteiger partial charge in [-0.3, -0.25) is 13.9 Å². The van der Waals surface area contributed by atoms with Gasteiger partial charge in [-0.1, -0.05) is 42.5 Å². The fourth-order valence-electron chi connectivity index (χ4n) is 3.31. The van der Waals surface area contributed by atoms with Gasteiger partial charge < -0.3 is 15.4 Å². The molecule has 2 amide bonds. The maximum absolute atomic E-state index is 12.9. The van der Waals surface area contributed by atoms with Gasteiger partial charge in [0.05, 0.1) is 29.2 Å². The quantitative estimate of drug-likeness (QED) is 0.467. The standard InChI is InChI=1S/C26H29N3O5S/c1-18(20-10-6-5-7-11-20)27-26(31)23-12-8-9-13-24(23)28-25(30)19(2)34-22-16-14-21(15-17-22)29(3)35(4,32)33/h5-19H,1-4H3,(H,27,31)(H,28,30). The Balaban J connectivity index is 1.65. The Morgan fingerprint density at radius 1 is 0.886 bits per heavy atom. The fraction of sp³-hybridized carbons (Fsp3) is 0.231. The number of nitrogens with zero attached hydrogens (tertiary/aromatic N) is 1. The summed E-state index contributed by atoms with van der Waals surface area (Å²) in [7, 11) is -1.93. The lowest BCUT2D eigenvalue weighted by Gasteiger charge is -2.19. The van der Waals surface area contributed by atoms with Crippen molar-refractivity contribution in [3.05, 3.63) is 90.0 Å². The number of carbonyl (C=O) groups is 2. The summed E-state index contributed by atoms with van der Waals surface area (Å²) < 4.78 is 30.2. The molecule has 9 heteroatoms. The van der Waals surface area contributed by atoms with Gasteiger partial charge in [0.25, 0.3) is 11.8 Å². The van der Waals surface area contributed by atoms with Crippen molar-refractivity contribution < 1.29 is 22.7 Å². The first kappa shape index (κ1) is 25.8. The number of hydrogen-bond acceptors (Lipinski definition) is 5. The molecule has 0 aliphatic carbocycles. The third-order valence-corrected chi connectivity index (χ3v) is 6.66. The molecule has 8 nitrogen and oxygen atoms in total. The highest BCUT2D eigenvalue weighted by molar-refractivity contribution is 7.92.